The third-order valence-corrected chi connectivity index (χ3v) is 4.43. The predicted molar refractivity (Wildman–Crippen MR) is 109 cm³/mol. The number of amides is 1. The topological polar surface area (TPSA) is 78.3 Å². The zero-order valence-electron chi connectivity index (χ0n) is 16.6. The molecule has 2 aromatic carbocycles. The summed E-state index contributed by atoms with van der Waals surface area (Å²) >= 11 is 0. The molecule has 0 fully saturated rings. The lowest BCUT2D eigenvalue weighted by atomic mass is 10.1. The number of quaternary nitrogens is 1. The molecule has 1 atom stereocenters. The highest BCUT2D eigenvalue weighted by Gasteiger charge is 2.21. The van der Waals surface area contributed by atoms with Crippen LogP contribution in [-0.4, -0.2) is 38.7 Å². The van der Waals surface area contributed by atoms with Gasteiger partial charge >= 0.3 is 0 Å². The second kappa shape index (κ2) is 9.25. The normalized spacial score (nSPS) is 12.9. The first-order chi connectivity index (χ1) is 14.0. The van der Waals surface area contributed by atoms with Crippen LogP contribution in [-0.2, 0) is 11.3 Å². The van der Waals surface area contributed by atoms with E-state index in [2.05, 4.69) is 11.9 Å². The minimum atomic E-state index is -0.185. The number of benzene rings is 2. The Hall–Kier alpha value is -3.32. The van der Waals surface area contributed by atoms with Crippen LogP contribution in [0.25, 0.3) is 0 Å². The Labute approximate surface area is 169 Å². The van der Waals surface area contributed by atoms with E-state index in [1.165, 1.54) is 6.92 Å². The van der Waals surface area contributed by atoms with E-state index in [0.717, 1.165) is 16.2 Å². The van der Waals surface area contributed by atoms with Crippen molar-refractivity contribution in [2.45, 2.75) is 13.5 Å². The summed E-state index contributed by atoms with van der Waals surface area (Å²) in [4.78, 5) is 25.5. The average molecular weight is 397 g/mol. The quantitative estimate of drug-likeness (QED) is 0.499. The van der Waals surface area contributed by atoms with Crippen LogP contribution < -0.4 is 24.4 Å². The highest BCUT2D eigenvalue weighted by molar-refractivity contribution is 6.04. The molecule has 1 aliphatic rings. The van der Waals surface area contributed by atoms with Crippen molar-refractivity contribution < 1.29 is 28.7 Å². The van der Waals surface area contributed by atoms with E-state index in [4.69, 9.17) is 14.2 Å². The Morgan fingerprint density at radius 2 is 1.90 bits per heavy atom. The fraction of sp³-hybridized carbons (Fsp3) is 0.273. The van der Waals surface area contributed by atoms with Gasteiger partial charge in [0.2, 0.25) is 6.79 Å². The second-order valence-corrected chi connectivity index (χ2v) is 6.91. The number of rotatable bonds is 9. The number of carbonyl (C=O) groups is 2. The van der Waals surface area contributed by atoms with E-state index in [9.17, 15) is 9.59 Å². The number of hydrogen-bond donors (Lipinski definition) is 2. The Balaban J connectivity index is 1.59. The molecule has 3 rings (SSSR count). The Kier molecular flexibility index (Phi) is 6.51. The molecule has 7 heteroatoms. The van der Waals surface area contributed by atoms with Gasteiger partial charge in [0, 0.05) is 17.2 Å². The number of fused-ring (bicyclic) bond motifs is 1. The molecule has 0 aromatic heterocycles. The molecule has 29 heavy (non-hydrogen) atoms. The molecule has 1 amide bonds. The fourth-order valence-electron chi connectivity index (χ4n) is 3.07. The Bertz CT molecular complexity index is 908. The molecule has 0 radical (unpaired) electrons. The van der Waals surface area contributed by atoms with Crippen LogP contribution in [0.15, 0.2) is 49.1 Å². The molecule has 2 aromatic rings. The van der Waals surface area contributed by atoms with Gasteiger partial charge in [0.25, 0.3) is 5.91 Å². The third kappa shape index (κ3) is 5.36. The molecule has 1 unspecified atom stereocenters. The van der Waals surface area contributed by atoms with Gasteiger partial charge in [-0.05, 0) is 37.3 Å². The van der Waals surface area contributed by atoms with Gasteiger partial charge in [-0.3, -0.25) is 9.59 Å². The van der Waals surface area contributed by atoms with Crippen LogP contribution in [0.2, 0.25) is 0 Å². The molecule has 0 spiro atoms. The van der Waals surface area contributed by atoms with Gasteiger partial charge in [-0.1, -0.05) is 12.7 Å². The summed E-state index contributed by atoms with van der Waals surface area (Å²) in [6.45, 7) is 6.57. The first-order valence-electron chi connectivity index (χ1n) is 9.34. The molecule has 152 valence electrons. The SMILES string of the molecule is C=CCOc1ccc(C[NH+](C)CC(=O)Nc2cc3c(cc2C(C)=O)OCO3)cc1. The number of carbonyl (C=O) groups excluding carboxylic acids is 2. The predicted octanol–water partition coefficient (Wildman–Crippen LogP) is 1.84. The number of nitrogens with one attached hydrogen (secondary N) is 2. The number of ether oxygens (including phenoxy) is 3. The van der Waals surface area contributed by atoms with Gasteiger partial charge in [-0.2, -0.15) is 0 Å². The van der Waals surface area contributed by atoms with Crippen molar-refractivity contribution in [1.29, 1.82) is 0 Å². The van der Waals surface area contributed by atoms with Gasteiger partial charge < -0.3 is 24.4 Å². The fourth-order valence-corrected chi connectivity index (χ4v) is 3.07. The van der Waals surface area contributed by atoms with Crippen molar-refractivity contribution in [3.63, 3.8) is 0 Å². The molecule has 2 N–H and O–H groups in total. The number of Topliss-reactive ketones (excluding diaryl/α,β-unsaturated/α-hetero) is 1. The van der Waals surface area contributed by atoms with Crippen LogP contribution in [0.1, 0.15) is 22.8 Å². The monoisotopic (exact) mass is 397 g/mol. The first kappa shape index (κ1) is 20.4. The van der Waals surface area contributed by atoms with E-state index in [-0.39, 0.29) is 25.0 Å². The largest absolute Gasteiger partial charge is 0.490 e. The summed E-state index contributed by atoms with van der Waals surface area (Å²) in [6.07, 6.45) is 1.70. The number of likely N-dealkylation sites (N-methyl/N-ethyl adjacent to an activating group) is 1. The molecule has 1 heterocycles. The van der Waals surface area contributed by atoms with E-state index in [1.807, 2.05) is 31.3 Å². The first-order valence-corrected chi connectivity index (χ1v) is 9.34. The summed E-state index contributed by atoms with van der Waals surface area (Å²) in [5, 5.41) is 2.83. The molecule has 1 aliphatic heterocycles. The summed E-state index contributed by atoms with van der Waals surface area (Å²) in [7, 11) is 1.94. The molecule has 0 saturated carbocycles. The molecular formula is C22H25N2O5+. The van der Waals surface area contributed by atoms with Gasteiger partial charge in [-0.15, -0.1) is 0 Å². The van der Waals surface area contributed by atoms with E-state index < -0.39 is 0 Å². The summed E-state index contributed by atoms with van der Waals surface area (Å²) in [5.41, 5.74) is 1.92. The van der Waals surface area contributed by atoms with Crippen molar-refractivity contribution in [2.24, 2.45) is 0 Å². The minimum Gasteiger partial charge on any atom is -0.490 e. The third-order valence-electron chi connectivity index (χ3n) is 4.43. The van der Waals surface area contributed by atoms with Gasteiger partial charge in [0.05, 0.1) is 12.7 Å². The van der Waals surface area contributed by atoms with Crippen LogP contribution >= 0.6 is 0 Å². The summed E-state index contributed by atoms with van der Waals surface area (Å²) < 4.78 is 16.1. The van der Waals surface area contributed by atoms with Crippen molar-refractivity contribution >= 4 is 17.4 Å². The maximum atomic E-state index is 12.5. The van der Waals surface area contributed by atoms with Crippen molar-refractivity contribution in [2.75, 3.05) is 32.3 Å². The second-order valence-electron chi connectivity index (χ2n) is 6.91. The molecule has 0 saturated heterocycles. The van der Waals surface area contributed by atoms with Crippen molar-refractivity contribution in [3.8, 4) is 17.2 Å². The average Bonchev–Trinajstić information content (AvgIpc) is 3.14. The Morgan fingerprint density at radius 3 is 2.55 bits per heavy atom. The number of ketones is 1. The van der Waals surface area contributed by atoms with Crippen LogP contribution in [0.4, 0.5) is 5.69 Å². The van der Waals surface area contributed by atoms with Crippen LogP contribution in [0.5, 0.6) is 17.2 Å². The Morgan fingerprint density at radius 1 is 1.21 bits per heavy atom. The zero-order valence-corrected chi connectivity index (χ0v) is 16.6. The van der Waals surface area contributed by atoms with E-state index >= 15 is 0 Å². The smallest absolute Gasteiger partial charge is 0.279 e. The molecule has 7 nitrogen and oxygen atoms in total. The van der Waals surface area contributed by atoms with Crippen molar-refractivity contribution in [1.82, 2.24) is 0 Å². The lowest BCUT2D eigenvalue weighted by Crippen LogP contribution is -3.08. The van der Waals surface area contributed by atoms with Crippen molar-refractivity contribution in [3.05, 3.63) is 60.2 Å². The maximum Gasteiger partial charge on any atom is 0.279 e. The minimum absolute atomic E-state index is 0.106. The zero-order chi connectivity index (χ0) is 20.8. The molecule has 0 aliphatic carbocycles. The summed E-state index contributed by atoms with van der Waals surface area (Å²) in [6, 6.07) is 11.0. The van der Waals surface area contributed by atoms with Gasteiger partial charge in [-0.25, -0.2) is 0 Å². The van der Waals surface area contributed by atoms with E-state index in [1.54, 1.807) is 18.2 Å². The lowest BCUT2D eigenvalue weighted by molar-refractivity contribution is -0.885. The number of anilines is 1. The highest BCUT2D eigenvalue weighted by atomic mass is 16.7. The number of hydrogen-bond acceptors (Lipinski definition) is 5. The van der Waals surface area contributed by atoms with Gasteiger partial charge in [0.15, 0.2) is 23.8 Å². The van der Waals surface area contributed by atoms with Gasteiger partial charge in [0.1, 0.15) is 18.9 Å². The summed E-state index contributed by atoms with van der Waals surface area (Å²) in [5.74, 6) is 1.47. The van der Waals surface area contributed by atoms with Crippen LogP contribution in [0.3, 0.4) is 0 Å². The maximum absolute atomic E-state index is 12.5. The molecule has 0 bridgehead atoms. The standard InChI is InChI=1S/C22H24N2O5/c1-4-9-27-17-7-5-16(6-8-17)12-24(3)13-22(26)23-19-11-21-20(28-14-29-21)10-18(19)15(2)25/h4-8,10-11H,1,9,12-14H2,2-3H3,(H,23,26)/p+1. The van der Waals surface area contributed by atoms with Crippen LogP contribution in [0, 0.1) is 0 Å². The van der Waals surface area contributed by atoms with E-state index in [0.29, 0.717) is 35.9 Å². The lowest BCUT2D eigenvalue weighted by Gasteiger charge is -2.15. The molecular weight excluding hydrogens is 372 g/mol. The highest BCUT2D eigenvalue weighted by Crippen LogP contribution is 2.37.